The van der Waals surface area contributed by atoms with E-state index in [1.54, 1.807) is 0 Å². The summed E-state index contributed by atoms with van der Waals surface area (Å²) in [5, 5.41) is 0. The smallest absolute Gasteiger partial charge is 0.157 e. The summed E-state index contributed by atoms with van der Waals surface area (Å²) in [4.78, 5) is 0. The molecular weight excluding hydrogens is 274 g/mol. The average Bonchev–Trinajstić information content (AvgIpc) is 2.87. The van der Waals surface area contributed by atoms with Crippen LogP contribution in [0.1, 0.15) is 31.2 Å². The summed E-state index contributed by atoms with van der Waals surface area (Å²) in [6.45, 7) is 0.621. The van der Waals surface area contributed by atoms with E-state index in [9.17, 15) is 8.42 Å². The summed E-state index contributed by atoms with van der Waals surface area (Å²) < 4.78 is 28.4. The zero-order valence-corrected chi connectivity index (χ0v) is 12.4. The van der Waals surface area contributed by atoms with Gasteiger partial charge in [0.05, 0.1) is 11.5 Å². The molecule has 110 valence electrons. The summed E-state index contributed by atoms with van der Waals surface area (Å²) in [5.41, 5.74) is 7.21. The Labute approximate surface area is 120 Å². The van der Waals surface area contributed by atoms with E-state index < -0.39 is 9.84 Å². The zero-order valence-electron chi connectivity index (χ0n) is 11.5. The third-order valence-electron chi connectivity index (χ3n) is 4.58. The van der Waals surface area contributed by atoms with E-state index in [-0.39, 0.29) is 23.0 Å². The molecule has 1 saturated heterocycles. The number of nitrogens with two attached hydrogens (primary N) is 1. The third-order valence-corrected chi connectivity index (χ3v) is 6.34. The first-order valence-corrected chi connectivity index (χ1v) is 9.03. The maximum Gasteiger partial charge on any atom is 0.157 e. The van der Waals surface area contributed by atoms with Crippen LogP contribution in [0, 0.1) is 0 Å². The SMILES string of the molecule is NCC1(c2ccccc2OC2CS(=O)(=O)C2)CCCC1. The minimum absolute atomic E-state index is 0.0131. The zero-order chi connectivity index (χ0) is 14.2. The molecule has 0 radical (unpaired) electrons. The van der Waals surface area contributed by atoms with Crippen molar-refractivity contribution in [3.05, 3.63) is 29.8 Å². The van der Waals surface area contributed by atoms with Gasteiger partial charge in [-0.15, -0.1) is 0 Å². The lowest BCUT2D eigenvalue weighted by molar-refractivity contribution is 0.223. The quantitative estimate of drug-likeness (QED) is 0.916. The molecule has 0 spiro atoms. The lowest BCUT2D eigenvalue weighted by atomic mass is 9.78. The summed E-state index contributed by atoms with van der Waals surface area (Å²) in [6.07, 6.45) is 4.38. The van der Waals surface area contributed by atoms with Crippen LogP contribution in [0.5, 0.6) is 5.75 Å². The van der Waals surface area contributed by atoms with Crippen molar-refractivity contribution in [2.45, 2.75) is 37.2 Å². The van der Waals surface area contributed by atoms with Gasteiger partial charge in [-0.3, -0.25) is 0 Å². The predicted molar refractivity (Wildman–Crippen MR) is 78.7 cm³/mol. The molecule has 5 heteroatoms. The Balaban J connectivity index is 1.85. The standard InChI is InChI=1S/C15H21NO3S/c16-11-15(7-3-4-8-15)13-5-1-2-6-14(13)19-12-9-20(17,18)10-12/h1-2,5-6,12H,3-4,7-11,16H2. The molecule has 20 heavy (non-hydrogen) atoms. The van der Waals surface area contributed by atoms with Crippen molar-refractivity contribution in [2.75, 3.05) is 18.1 Å². The van der Waals surface area contributed by atoms with Gasteiger partial charge in [-0.25, -0.2) is 8.42 Å². The fourth-order valence-electron chi connectivity index (χ4n) is 3.41. The normalized spacial score (nSPS) is 24.2. The van der Waals surface area contributed by atoms with Crippen LogP contribution in [-0.2, 0) is 15.3 Å². The molecule has 1 aromatic carbocycles. The molecule has 1 aliphatic heterocycles. The number of rotatable bonds is 4. The Bertz CT molecular complexity index is 579. The first kappa shape index (κ1) is 13.9. The van der Waals surface area contributed by atoms with Crippen LogP contribution in [0.15, 0.2) is 24.3 Å². The maximum absolute atomic E-state index is 11.2. The highest BCUT2D eigenvalue weighted by Gasteiger charge is 2.39. The molecule has 2 aliphatic rings. The van der Waals surface area contributed by atoms with E-state index >= 15 is 0 Å². The van der Waals surface area contributed by atoms with E-state index in [2.05, 4.69) is 6.07 Å². The van der Waals surface area contributed by atoms with Crippen molar-refractivity contribution < 1.29 is 13.2 Å². The summed E-state index contributed by atoms with van der Waals surface area (Å²) in [7, 11) is -2.85. The topological polar surface area (TPSA) is 69.4 Å². The fourth-order valence-corrected chi connectivity index (χ4v) is 4.58. The van der Waals surface area contributed by atoms with Gasteiger partial charge in [0.15, 0.2) is 9.84 Å². The monoisotopic (exact) mass is 295 g/mol. The molecule has 1 saturated carbocycles. The van der Waals surface area contributed by atoms with Crippen molar-refractivity contribution in [1.29, 1.82) is 0 Å². The maximum atomic E-state index is 11.2. The molecule has 1 aromatic rings. The van der Waals surface area contributed by atoms with Crippen LogP contribution in [0.3, 0.4) is 0 Å². The molecule has 3 rings (SSSR count). The molecule has 2 fully saturated rings. The minimum Gasteiger partial charge on any atom is -0.488 e. The number of benzene rings is 1. The molecule has 4 nitrogen and oxygen atoms in total. The number of hydrogen-bond donors (Lipinski definition) is 1. The molecule has 1 aliphatic carbocycles. The minimum atomic E-state index is -2.85. The summed E-state index contributed by atoms with van der Waals surface area (Å²) in [5.74, 6) is 1.09. The molecule has 0 atom stereocenters. The van der Waals surface area contributed by atoms with Crippen molar-refractivity contribution in [3.63, 3.8) is 0 Å². The lowest BCUT2D eigenvalue weighted by Crippen LogP contribution is -2.45. The molecule has 0 bridgehead atoms. The number of ether oxygens (including phenoxy) is 1. The molecule has 0 aromatic heterocycles. The summed E-state index contributed by atoms with van der Waals surface area (Å²) in [6, 6.07) is 7.97. The van der Waals surface area contributed by atoms with Gasteiger partial charge in [-0.2, -0.15) is 0 Å². The van der Waals surface area contributed by atoms with Gasteiger partial charge in [0, 0.05) is 17.5 Å². The molecular formula is C15H21NO3S. The van der Waals surface area contributed by atoms with Gasteiger partial charge < -0.3 is 10.5 Å². The average molecular weight is 295 g/mol. The summed E-state index contributed by atoms with van der Waals surface area (Å²) >= 11 is 0. The van der Waals surface area contributed by atoms with Crippen LogP contribution in [0.4, 0.5) is 0 Å². The third kappa shape index (κ3) is 2.44. The van der Waals surface area contributed by atoms with E-state index in [4.69, 9.17) is 10.5 Å². The highest BCUT2D eigenvalue weighted by atomic mass is 32.2. The second-order valence-electron chi connectivity index (χ2n) is 6.00. The van der Waals surface area contributed by atoms with Crippen LogP contribution < -0.4 is 10.5 Å². The van der Waals surface area contributed by atoms with Crippen LogP contribution in [0.2, 0.25) is 0 Å². The molecule has 1 heterocycles. The van der Waals surface area contributed by atoms with Crippen molar-refractivity contribution in [1.82, 2.24) is 0 Å². The Morgan fingerprint density at radius 1 is 1.20 bits per heavy atom. The number of sulfone groups is 1. The van der Waals surface area contributed by atoms with Gasteiger partial charge in [-0.05, 0) is 18.9 Å². The molecule has 2 N–H and O–H groups in total. The lowest BCUT2D eigenvalue weighted by Gasteiger charge is -2.33. The second kappa shape index (κ2) is 5.04. The highest BCUT2D eigenvalue weighted by Crippen LogP contribution is 2.44. The first-order chi connectivity index (χ1) is 9.55. The Kier molecular flexibility index (Phi) is 3.50. The largest absolute Gasteiger partial charge is 0.488 e. The van der Waals surface area contributed by atoms with Crippen LogP contribution in [-0.4, -0.2) is 32.6 Å². The van der Waals surface area contributed by atoms with E-state index in [0.717, 1.165) is 24.2 Å². The van der Waals surface area contributed by atoms with E-state index in [1.165, 1.54) is 12.8 Å². The second-order valence-corrected chi connectivity index (χ2v) is 8.16. The van der Waals surface area contributed by atoms with Gasteiger partial charge in [-0.1, -0.05) is 31.0 Å². The van der Waals surface area contributed by atoms with Crippen molar-refractivity contribution in [2.24, 2.45) is 5.73 Å². The van der Waals surface area contributed by atoms with Gasteiger partial charge >= 0.3 is 0 Å². The van der Waals surface area contributed by atoms with Gasteiger partial charge in [0.1, 0.15) is 11.9 Å². The fraction of sp³-hybridized carbons (Fsp3) is 0.600. The van der Waals surface area contributed by atoms with E-state index in [1.807, 2.05) is 18.2 Å². The van der Waals surface area contributed by atoms with Crippen LogP contribution in [0.25, 0.3) is 0 Å². The number of hydrogen-bond acceptors (Lipinski definition) is 4. The van der Waals surface area contributed by atoms with Crippen molar-refractivity contribution in [3.8, 4) is 5.75 Å². The Morgan fingerprint density at radius 2 is 1.85 bits per heavy atom. The van der Waals surface area contributed by atoms with Crippen LogP contribution >= 0.6 is 0 Å². The van der Waals surface area contributed by atoms with Gasteiger partial charge in [0.25, 0.3) is 0 Å². The number of para-hydroxylation sites is 1. The van der Waals surface area contributed by atoms with Gasteiger partial charge in [0.2, 0.25) is 0 Å². The molecule has 0 unspecified atom stereocenters. The highest BCUT2D eigenvalue weighted by molar-refractivity contribution is 7.92. The Morgan fingerprint density at radius 3 is 2.45 bits per heavy atom. The Hall–Kier alpha value is -1.07. The molecule has 0 amide bonds. The first-order valence-electron chi connectivity index (χ1n) is 7.21. The predicted octanol–water partition coefficient (Wildman–Crippen LogP) is 1.63. The van der Waals surface area contributed by atoms with E-state index in [0.29, 0.717) is 6.54 Å². The van der Waals surface area contributed by atoms with Crippen molar-refractivity contribution >= 4 is 9.84 Å².